The van der Waals surface area contributed by atoms with Crippen LogP contribution >= 0.6 is 11.3 Å². The van der Waals surface area contributed by atoms with Crippen molar-refractivity contribution in [3.05, 3.63) is 77.6 Å². The molecule has 1 fully saturated rings. The van der Waals surface area contributed by atoms with Gasteiger partial charge in [-0.25, -0.2) is 0 Å². The van der Waals surface area contributed by atoms with Crippen molar-refractivity contribution in [3.8, 4) is 33.1 Å². The number of H-pyrrole nitrogens is 2. The zero-order valence-electron chi connectivity index (χ0n) is 20.1. The minimum absolute atomic E-state index is 0.902. The molecule has 0 saturated carbocycles. The number of thiophene rings is 1. The van der Waals surface area contributed by atoms with Crippen molar-refractivity contribution in [2.24, 2.45) is 0 Å². The summed E-state index contributed by atoms with van der Waals surface area (Å²) in [5.41, 5.74) is 8.35. The first-order valence-electron chi connectivity index (χ1n) is 12.4. The molecule has 0 atom stereocenters. The molecule has 36 heavy (non-hydrogen) atoms. The first-order valence-corrected chi connectivity index (χ1v) is 13.2. The van der Waals surface area contributed by atoms with Crippen molar-refractivity contribution < 1.29 is 0 Å². The molecule has 7 rings (SSSR count). The number of aromatic amines is 2. The molecule has 0 radical (unpaired) electrons. The van der Waals surface area contributed by atoms with Crippen LogP contribution in [0, 0.1) is 6.92 Å². The molecule has 1 aromatic carbocycles. The highest BCUT2D eigenvalue weighted by molar-refractivity contribution is 7.15. The van der Waals surface area contributed by atoms with Gasteiger partial charge in [-0.05, 0) is 74.8 Å². The van der Waals surface area contributed by atoms with E-state index in [2.05, 4.69) is 80.5 Å². The Kier molecular flexibility index (Phi) is 5.18. The maximum atomic E-state index is 4.72. The quantitative estimate of drug-likeness (QED) is 0.279. The second kappa shape index (κ2) is 8.69. The summed E-state index contributed by atoms with van der Waals surface area (Å²) in [5.74, 6) is 0. The lowest BCUT2D eigenvalue weighted by atomic mass is 10.1. The predicted molar refractivity (Wildman–Crippen MR) is 147 cm³/mol. The van der Waals surface area contributed by atoms with Crippen LogP contribution in [0.5, 0.6) is 0 Å². The number of benzene rings is 1. The lowest BCUT2D eigenvalue weighted by Gasteiger charge is -2.14. The number of hydrogen-bond acceptors (Lipinski definition) is 5. The summed E-state index contributed by atoms with van der Waals surface area (Å²) in [6.45, 7) is 5.44. The van der Waals surface area contributed by atoms with E-state index in [-0.39, 0.29) is 0 Å². The summed E-state index contributed by atoms with van der Waals surface area (Å²) in [4.78, 5) is 17.9. The van der Waals surface area contributed by atoms with Gasteiger partial charge in [0, 0.05) is 56.1 Å². The van der Waals surface area contributed by atoms with Gasteiger partial charge >= 0.3 is 0 Å². The van der Waals surface area contributed by atoms with E-state index < -0.39 is 0 Å². The molecule has 2 N–H and O–H groups in total. The molecule has 6 aromatic rings. The number of aromatic nitrogens is 5. The normalized spacial score (nSPS) is 14.4. The Balaban J connectivity index is 1.28. The summed E-state index contributed by atoms with van der Waals surface area (Å²) < 4.78 is 0. The van der Waals surface area contributed by atoms with Crippen molar-refractivity contribution in [2.75, 3.05) is 13.1 Å². The number of nitrogens with one attached hydrogen (secondary N) is 2. The van der Waals surface area contributed by atoms with E-state index in [1.165, 1.54) is 52.2 Å². The highest BCUT2D eigenvalue weighted by atomic mass is 32.1. The Morgan fingerprint density at radius 1 is 0.944 bits per heavy atom. The topological polar surface area (TPSA) is 73.5 Å². The summed E-state index contributed by atoms with van der Waals surface area (Å²) in [7, 11) is 0. The minimum atomic E-state index is 0.902. The van der Waals surface area contributed by atoms with Crippen molar-refractivity contribution >= 4 is 33.1 Å². The van der Waals surface area contributed by atoms with Gasteiger partial charge < -0.3 is 4.98 Å². The summed E-state index contributed by atoms with van der Waals surface area (Å²) in [6.07, 6.45) is 8.32. The molecule has 178 valence electrons. The fourth-order valence-corrected chi connectivity index (χ4v) is 6.18. The van der Waals surface area contributed by atoms with E-state index in [1.54, 1.807) is 0 Å². The van der Waals surface area contributed by atoms with Crippen LogP contribution in [-0.2, 0) is 6.54 Å². The molecule has 1 aliphatic rings. The molecule has 5 aromatic heterocycles. The van der Waals surface area contributed by atoms with Crippen LogP contribution in [0.1, 0.15) is 23.3 Å². The first-order chi connectivity index (χ1) is 17.7. The van der Waals surface area contributed by atoms with Gasteiger partial charge in [0.1, 0.15) is 5.69 Å². The van der Waals surface area contributed by atoms with Gasteiger partial charge in [0.25, 0.3) is 0 Å². The van der Waals surface area contributed by atoms with Crippen LogP contribution in [0.2, 0.25) is 0 Å². The van der Waals surface area contributed by atoms with Gasteiger partial charge in [-0.15, -0.1) is 11.3 Å². The Bertz CT molecular complexity index is 1700. The average molecular weight is 491 g/mol. The smallest absolute Gasteiger partial charge is 0.116 e. The Morgan fingerprint density at radius 3 is 2.72 bits per heavy atom. The van der Waals surface area contributed by atoms with Crippen LogP contribution in [0.25, 0.3) is 54.9 Å². The van der Waals surface area contributed by atoms with Crippen LogP contribution < -0.4 is 0 Å². The molecule has 0 amide bonds. The van der Waals surface area contributed by atoms with Crippen LogP contribution in [0.3, 0.4) is 0 Å². The number of hydrogen-bond donors (Lipinski definition) is 2. The molecule has 6 heterocycles. The third-order valence-electron chi connectivity index (χ3n) is 7.07. The monoisotopic (exact) mass is 490 g/mol. The molecule has 0 bridgehead atoms. The molecule has 0 spiro atoms. The van der Waals surface area contributed by atoms with Crippen LogP contribution in [0.15, 0.2) is 67.1 Å². The molecule has 0 aliphatic carbocycles. The molecular formula is C29H26N6S. The van der Waals surface area contributed by atoms with E-state index in [9.17, 15) is 0 Å². The van der Waals surface area contributed by atoms with Crippen LogP contribution in [0.4, 0.5) is 0 Å². The minimum Gasteiger partial charge on any atom is -0.353 e. The summed E-state index contributed by atoms with van der Waals surface area (Å²) >= 11 is 1.82. The van der Waals surface area contributed by atoms with Crippen molar-refractivity contribution in [2.45, 2.75) is 26.3 Å². The number of pyridine rings is 2. The average Bonchev–Trinajstić information content (AvgIpc) is 3.70. The van der Waals surface area contributed by atoms with E-state index >= 15 is 0 Å². The zero-order valence-corrected chi connectivity index (χ0v) is 20.9. The highest BCUT2D eigenvalue weighted by Gasteiger charge is 2.16. The lowest BCUT2D eigenvalue weighted by Crippen LogP contribution is -2.18. The fraction of sp³-hybridized carbons (Fsp3) is 0.207. The Hall–Kier alpha value is -3.81. The van der Waals surface area contributed by atoms with E-state index in [4.69, 9.17) is 4.98 Å². The van der Waals surface area contributed by atoms with Gasteiger partial charge in [-0.2, -0.15) is 5.10 Å². The lowest BCUT2D eigenvalue weighted by molar-refractivity contribution is 0.331. The van der Waals surface area contributed by atoms with Crippen molar-refractivity contribution in [1.29, 1.82) is 0 Å². The van der Waals surface area contributed by atoms with Gasteiger partial charge in [-0.1, -0.05) is 12.1 Å². The third kappa shape index (κ3) is 3.81. The van der Waals surface area contributed by atoms with Gasteiger partial charge in [0.15, 0.2) is 0 Å². The second-order valence-corrected chi connectivity index (χ2v) is 10.9. The summed E-state index contributed by atoms with van der Waals surface area (Å²) in [5, 5.41) is 10.1. The molecular weight excluding hydrogens is 464 g/mol. The maximum Gasteiger partial charge on any atom is 0.116 e. The SMILES string of the molecule is Cc1ccc(-c2cccc3[nH]c(-c4n[nH]c5cnc(-c6cncc(CN7CCCC7)c6)cc45)cc23)s1. The Morgan fingerprint density at radius 2 is 1.86 bits per heavy atom. The first kappa shape index (κ1) is 21.5. The number of fused-ring (bicyclic) bond motifs is 2. The maximum absolute atomic E-state index is 4.72. The van der Waals surface area contributed by atoms with E-state index in [1.807, 2.05) is 29.9 Å². The van der Waals surface area contributed by atoms with Crippen LogP contribution in [-0.4, -0.2) is 43.1 Å². The standard InChI is InChI=1S/C29H26N6S/c1-18-7-8-28(36-18)21-5-4-6-24-22(21)12-26(32-24)29-23-13-25(31-16-27(23)33-34-29)20-11-19(14-30-15-20)17-35-9-2-3-10-35/h4-8,11-16,32H,2-3,9-10,17H2,1H3,(H,33,34). The number of rotatable bonds is 5. The fourth-order valence-electron chi connectivity index (χ4n) is 5.27. The number of likely N-dealkylation sites (tertiary alicyclic amines) is 1. The van der Waals surface area contributed by atoms with Gasteiger partial charge in [-0.3, -0.25) is 20.0 Å². The molecule has 6 nitrogen and oxygen atoms in total. The summed E-state index contributed by atoms with van der Waals surface area (Å²) in [6, 6.07) is 17.4. The third-order valence-corrected chi connectivity index (χ3v) is 8.10. The number of nitrogens with zero attached hydrogens (tertiary/aromatic N) is 4. The second-order valence-electron chi connectivity index (χ2n) is 9.61. The van der Waals surface area contributed by atoms with E-state index in [0.717, 1.165) is 45.6 Å². The van der Waals surface area contributed by atoms with Gasteiger partial charge in [0.2, 0.25) is 0 Å². The zero-order chi connectivity index (χ0) is 24.1. The van der Waals surface area contributed by atoms with Gasteiger partial charge in [0.05, 0.1) is 23.1 Å². The largest absolute Gasteiger partial charge is 0.353 e. The number of aryl methyl sites for hydroxylation is 1. The Labute approximate surface area is 213 Å². The molecule has 0 unspecified atom stereocenters. The molecule has 1 aliphatic heterocycles. The molecule has 1 saturated heterocycles. The highest BCUT2D eigenvalue weighted by Crippen LogP contribution is 2.37. The van der Waals surface area contributed by atoms with E-state index in [0.29, 0.717) is 0 Å². The van der Waals surface area contributed by atoms with Crippen molar-refractivity contribution in [1.82, 2.24) is 30.0 Å². The van der Waals surface area contributed by atoms with Crippen molar-refractivity contribution in [3.63, 3.8) is 0 Å². The predicted octanol–water partition coefficient (Wildman–Crippen LogP) is 6.80. The molecule has 7 heteroatoms.